The van der Waals surface area contributed by atoms with Crippen molar-refractivity contribution in [1.29, 1.82) is 0 Å². The van der Waals surface area contributed by atoms with Crippen LogP contribution in [0.25, 0.3) is 0 Å². The molecule has 0 spiro atoms. The van der Waals surface area contributed by atoms with Crippen LogP contribution in [0, 0.1) is 11.8 Å². The lowest BCUT2D eigenvalue weighted by Gasteiger charge is -2.26. The van der Waals surface area contributed by atoms with Gasteiger partial charge in [0, 0.05) is 11.1 Å². The van der Waals surface area contributed by atoms with Gasteiger partial charge in [0.25, 0.3) is 0 Å². The second-order valence-electron chi connectivity index (χ2n) is 5.18. The SMILES string of the molecule is CC1CCCC1C(Cc1cccc(Cl)c1)NN. The van der Waals surface area contributed by atoms with E-state index in [-0.39, 0.29) is 0 Å². The highest BCUT2D eigenvalue weighted by molar-refractivity contribution is 6.30. The molecular weight excluding hydrogens is 232 g/mol. The van der Waals surface area contributed by atoms with E-state index in [9.17, 15) is 0 Å². The molecule has 0 saturated heterocycles. The summed E-state index contributed by atoms with van der Waals surface area (Å²) in [5.41, 5.74) is 4.26. The molecule has 0 radical (unpaired) electrons. The number of hydrogen-bond donors (Lipinski definition) is 2. The van der Waals surface area contributed by atoms with E-state index in [1.165, 1.54) is 24.8 Å². The minimum Gasteiger partial charge on any atom is -0.271 e. The molecule has 2 rings (SSSR count). The molecule has 3 heteroatoms. The summed E-state index contributed by atoms with van der Waals surface area (Å²) in [5.74, 6) is 7.18. The van der Waals surface area contributed by atoms with E-state index in [2.05, 4.69) is 18.4 Å². The molecule has 0 aromatic heterocycles. The standard InChI is InChI=1S/C14H21ClN2/c1-10-4-2-7-13(10)14(17-16)9-11-5-3-6-12(15)8-11/h3,5-6,8,10,13-14,17H,2,4,7,9,16H2,1H3. The normalized spacial score (nSPS) is 26.1. The van der Waals surface area contributed by atoms with Gasteiger partial charge in [-0.15, -0.1) is 0 Å². The number of nitrogens with one attached hydrogen (secondary N) is 1. The molecule has 0 heterocycles. The predicted molar refractivity (Wildman–Crippen MR) is 72.8 cm³/mol. The smallest absolute Gasteiger partial charge is 0.0408 e. The lowest BCUT2D eigenvalue weighted by Crippen LogP contribution is -2.43. The Hall–Kier alpha value is -0.570. The summed E-state index contributed by atoms with van der Waals surface area (Å²) < 4.78 is 0. The molecule has 1 saturated carbocycles. The molecular formula is C14H21ClN2. The van der Waals surface area contributed by atoms with Crippen LogP contribution >= 0.6 is 11.6 Å². The summed E-state index contributed by atoms with van der Waals surface area (Å²) in [6, 6.07) is 8.43. The second-order valence-corrected chi connectivity index (χ2v) is 5.62. The fraction of sp³-hybridized carbons (Fsp3) is 0.571. The Kier molecular flexibility index (Phi) is 4.43. The van der Waals surface area contributed by atoms with Gasteiger partial charge >= 0.3 is 0 Å². The minimum atomic E-state index is 0.367. The lowest BCUT2D eigenvalue weighted by atomic mass is 9.87. The monoisotopic (exact) mass is 252 g/mol. The Bertz CT molecular complexity index is 367. The first-order chi connectivity index (χ1) is 8.20. The number of hydrazine groups is 1. The van der Waals surface area contributed by atoms with Gasteiger partial charge < -0.3 is 0 Å². The zero-order chi connectivity index (χ0) is 12.3. The average Bonchev–Trinajstić information content (AvgIpc) is 2.72. The molecule has 94 valence electrons. The molecule has 17 heavy (non-hydrogen) atoms. The molecule has 1 aromatic carbocycles. The Morgan fingerprint density at radius 1 is 1.47 bits per heavy atom. The Balaban J connectivity index is 2.04. The van der Waals surface area contributed by atoms with Crippen LogP contribution in [0.15, 0.2) is 24.3 Å². The molecule has 0 amide bonds. The molecule has 3 N–H and O–H groups in total. The topological polar surface area (TPSA) is 38.0 Å². The molecule has 1 fully saturated rings. The highest BCUT2D eigenvalue weighted by atomic mass is 35.5. The number of halogens is 1. The number of rotatable bonds is 4. The van der Waals surface area contributed by atoms with Gasteiger partial charge in [-0.3, -0.25) is 11.3 Å². The van der Waals surface area contributed by atoms with Gasteiger partial charge in [-0.25, -0.2) is 0 Å². The van der Waals surface area contributed by atoms with Crippen LogP contribution in [0.3, 0.4) is 0 Å². The molecule has 3 unspecified atom stereocenters. The zero-order valence-electron chi connectivity index (χ0n) is 10.3. The number of benzene rings is 1. The second kappa shape index (κ2) is 5.85. The van der Waals surface area contributed by atoms with Crippen molar-refractivity contribution in [1.82, 2.24) is 5.43 Å². The van der Waals surface area contributed by atoms with Gasteiger partial charge in [-0.05, 0) is 42.4 Å². The first-order valence-corrected chi connectivity index (χ1v) is 6.79. The summed E-state index contributed by atoms with van der Waals surface area (Å²) in [7, 11) is 0. The zero-order valence-corrected chi connectivity index (χ0v) is 11.1. The van der Waals surface area contributed by atoms with E-state index in [1.807, 2.05) is 18.2 Å². The highest BCUT2D eigenvalue weighted by Gasteiger charge is 2.30. The average molecular weight is 253 g/mol. The van der Waals surface area contributed by atoms with Gasteiger partial charge in [0.2, 0.25) is 0 Å². The molecule has 0 bridgehead atoms. The van der Waals surface area contributed by atoms with Gasteiger partial charge in [-0.1, -0.05) is 43.5 Å². The lowest BCUT2D eigenvalue weighted by molar-refractivity contribution is 0.297. The van der Waals surface area contributed by atoms with Crippen molar-refractivity contribution in [2.75, 3.05) is 0 Å². The molecule has 3 atom stereocenters. The van der Waals surface area contributed by atoms with Crippen LogP contribution in [0.2, 0.25) is 5.02 Å². The van der Waals surface area contributed by atoms with Crippen molar-refractivity contribution < 1.29 is 0 Å². The van der Waals surface area contributed by atoms with Crippen molar-refractivity contribution in [2.24, 2.45) is 17.7 Å². The van der Waals surface area contributed by atoms with Crippen molar-refractivity contribution >= 4 is 11.6 Å². The van der Waals surface area contributed by atoms with E-state index < -0.39 is 0 Å². The third kappa shape index (κ3) is 3.21. The van der Waals surface area contributed by atoms with E-state index in [4.69, 9.17) is 17.4 Å². The quantitative estimate of drug-likeness (QED) is 0.638. The summed E-state index contributed by atoms with van der Waals surface area (Å²) >= 11 is 6.01. The van der Waals surface area contributed by atoms with E-state index in [1.54, 1.807) is 0 Å². The van der Waals surface area contributed by atoms with E-state index >= 15 is 0 Å². The van der Waals surface area contributed by atoms with Gasteiger partial charge in [0.05, 0.1) is 0 Å². The third-order valence-electron chi connectivity index (χ3n) is 4.00. The van der Waals surface area contributed by atoms with Crippen LogP contribution in [0.5, 0.6) is 0 Å². The molecule has 1 aromatic rings. The first kappa shape index (κ1) is 12.9. The minimum absolute atomic E-state index is 0.367. The van der Waals surface area contributed by atoms with E-state index in [0.29, 0.717) is 12.0 Å². The number of hydrogen-bond acceptors (Lipinski definition) is 2. The summed E-state index contributed by atoms with van der Waals surface area (Å²) in [6.07, 6.45) is 4.92. The molecule has 1 aliphatic rings. The van der Waals surface area contributed by atoms with Crippen molar-refractivity contribution in [3.05, 3.63) is 34.9 Å². The summed E-state index contributed by atoms with van der Waals surface area (Å²) in [5, 5.41) is 0.803. The largest absolute Gasteiger partial charge is 0.271 e. The fourth-order valence-corrected chi connectivity index (χ4v) is 3.24. The van der Waals surface area contributed by atoms with Crippen LogP contribution in [-0.4, -0.2) is 6.04 Å². The van der Waals surface area contributed by atoms with Gasteiger partial charge in [0.15, 0.2) is 0 Å². The Morgan fingerprint density at radius 2 is 2.29 bits per heavy atom. The van der Waals surface area contributed by atoms with Crippen LogP contribution < -0.4 is 11.3 Å². The van der Waals surface area contributed by atoms with Crippen LogP contribution in [0.1, 0.15) is 31.7 Å². The van der Waals surface area contributed by atoms with Crippen molar-refractivity contribution in [3.63, 3.8) is 0 Å². The van der Waals surface area contributed by atoms with Crippen LogP contribution in [-0.2, 0) is 6.42 Å². The maximum absolute atomic E-state index is 6.01. The fourth-order valence-electron chi connectivity index (χ4n) is 3.02. The number of nitrogens with two attached hydrogens (primary N) is 1. The van der Waals surface area contributed by atoms with Gasteiger partial charge in [0.1, 0.15) is 0 Å². The van der Waals surface area contributed by atoms with E-state index in [0.717, 1.165) is 17.4 Å². The molecule has 2 nitrogen and oxygen atoms in total. The maximum atomic E-state index is 6.01. The van der Waals surface area contributed by atoms with Crippen molar-refractivity contribution in [3.8, 4) is 0 Å². The predicted octanol–water partition coefficient (Wildman–Crippen LogP) is 3.15. The summed E-state index contributed by atoms with van der Waals surface area (Å²) in [6.45, 7) is 2.33. The Morgan fingerprint density at radius 3 is 2.88 bits per heavy atom. The summed E-state index contributed by atoms with van der Waals surface area (Å²) in [4.78, 5) is 0. The maximum Gasteiger partial charge on any atom is 0.0408 e. The molecule has 1 aliphatic carbocycles. The highest BCUT2D eigenvalue weighted by Crippen LogP contribution is 2.34. The third-order valence-corrected chi connectivity index (χ3v) is 4.24. The van der Waals surface area contributed by atoms with Gasteiger partial charge in [-0.2, -0.15) is 0 Å². The van der Waals surface area contributed by atoms with Crippen LogP contribution in [0.4, 0.5) is 0 Å². The van der Waals surface area contributed by atoms with Crippen molar-refractivity contribution in [2.45, 2.75) is 38.6 Å². The Labute approximate surface area is 109 Å². The first-order valence-electron chi connectivity index (χ1n) is 6.41. The molecule has 0 aliphatic heterocycles.